The largest absolute Gasteiger partial charge is 0.508 e. The fraction of sp³-hybridized carbons (Fsp3) is 0.143. The van der Waals surface area contributed by atoms with Crippen molar-refractivity contribution in [2.24, 2.45) is 0 Å². The van der Waals surface area contributed by atoms with Crippen LogP contribution in [0.25, 0.3) is 0 Å². The molecular weight excluding hydrogens is 254 g/mol. The summed E-state index contributed by atoms with van der Waals surface area (Å²) in [5.41, 5.74) is -0.424. The number of benzene rings is 1. The normalized spacial score (nSPS) is 11.6. The third-order valence-corrected chi connectivity index (χ3v) is 2.74. The van der Waals surface area contributed by atoms with Gasteiger partial charge >= 0.3 is 0 Å². The van der Waals surface area contributed by atoms with Gasteiger partial charge in [0, 0.05) is 16.2 Å². The van der Waals surface area contributed by atoms with Crippen molar-refractivity contribution in [3.05, 3.63) is 28.5 Å². The lowest BCUT2D eigenvalue weighted by Crippen LogP contribution is -1.99. The van der Waals surface area contributed by atoms with Crippen molar-refractivity contribution in [2.45, 2.75) is 5.75 Å². The van der Waals surface area contributed by atoms with Crippen molar-refractivity contribution in [2.75, 3.05) is 0 Å². The van der Waals surface area contributed by atoms with Crippen LogP contribution in [0.1, 0.15) is 5.56 Å². The molecule has 0 aromatic heterocycles. The Hall–Kier alpha value is -0.520. The van der Waals surface area contributed by atoms with Gasteiger partial charge in [-0.1, -0.05) is 11.6 Å². The lowest BCUT2D eigenvalue weighted by Gasteiger charge is -2.04. The summed E-state index contributed by atoms with van der Waals surface area (Å²) in [4.78, 5) is 0. The van der Waals surface area contributed by atoms with Crippen molar-refractivity contribution >= 4 is 31.3 Å². The third kappa shape index (κ3) is 2.73. The van der Waals surface area contributed by atoms with E-state index in [0.29, 0.717) is 0 Å². The Morgan fingerprint density at radius 2 is 2.00 bits per heavy atom. The summed E-state index contributed by atoms with van der Waals surface area (Å²) in [6.07, 6.45) is 0. The molecule has 0 saturated carbocycles. The van der Waals surface area contributed by atoms with Crippen LogP contribution in [0, 0.1) is 5.82 Å². The molecule has 0 radical (unpaired) electrons. The Morgan fingerprint density at radius 1 is 1.43 bits per heavy atom. The minimum absolute atomic E-state index is 0.266. The van der Waals surface area contributed by atoms with Crippen LogP contribution in [-0.4, -0.2) is 13.5 Å². The first kappa shape index (κ1) is 11.6. The maximum Gasteiger partial charge on any atom is 0.237 e. The van der Waals surface area contributed by atoms with Crippen LogP contribution in [0.15, 0.2) is 12.1 Å². The van der Waals surface area contributed by atoms with E-state index >= 15 is 0 Å². The minimum atomic E-state index is -3.93. The van der Waals surface area contributed by atoms with Crippen LogP contribution >= 0.6 is 22.3 Å². The second kappa shape index (κ2) is 3.92. The highest BCUT2D eigenvalue weighted by molar-refractivity contribution is 8.13. The van der Waals surface area contributed by atoms with Gasteiger partial charge < -0.3 is 5.11 Å². The van der Waals surface area contributed by atoms with E-state index in [4.69, 9.17) is 27.4 Å². The molecule has 0 aliphatic rings. The third-order valence-electron chi connectivity index (χ3n) is 1.49. The molecule has 1 aromatic rings. The molecule has 0 saturated heterocycles. The van der Waals surface area contributed by atoms with Crippen LogP contribution < -0.4 is 0 Å². The van der Waals surface area contributed by atoms with Crippen LogP contribution in [0.2, 0.25) is 5.02 Å². The fourth-order valence-corrected chi connectivity index (χ4v) is 2.02. The first-order valence-corrected chi connectivity index (χ1v) is 6.25. The summed E-state index contributed by atoms with van der Waals surface area (Å²) in [5.74, 6) is -2.26. The topological polar surface area (TPSA) is 54.4 Å². The van der Waals surface area contributed by atoms with Gasteiger partial charge in [-0.2, -0.15) is 0 Å². The summed E-state index contributed by atoms with van der Waals surface area (Å²) in [6.45, 7) is 0. The zero-order chi connectivity index (χ0) is 10.9. The van der Waals surface area contributed by atoms with Gasteiger partial charge in [0.25, 0.3) is 0 Å². The molecule has 78 valence electrons. The second-order valence-corrected chi connectivity index (χ2v) is 5.73. The average molecular weight is 259 g/mol. The monoisotopic (exact) mass is 258 g/mol. The molecule has 0 unspecified atom stereocenters. The molecule has 0 heterocycles. The number of phenols is 1. The van der Waals surface area contributed by atoms with E-state index in [1.807, 2.05) is 0 Å². The Morgan fingerprint density at radius 3 is 2.50 bits per heavy atom. The molecule has 0 fully saturated rings. The molecule has 0 spiro atoms. The highest BCUT2D eigenvalue weighted by atomic mass is 35.7. The Kier molecular flexibility index (Phi) is 3.24. The van der Waals surface area contributed by atoms with E-state index in [1.165, 1.54) is 0 Å². The summed E-state index contributed by atoms with van der Waals surface area (Å²) < 4.78 is 34.5. The maximum absolute atomic E-state index is 13.2. The van der Waals surface area contributed by atoms with Crippen molar-refractivity contribution in [3.63, 3.8) is 0 Å². The number of phenolic OH excluding ortho intramolecular Hbond substituents is 1. The van der Waals surface area contributed by atoms with Gasteiger partial charge in [-0.25, -0.2) is 12.8 Å². The van der Waals surface area contributed by atoms with Gasteiger partial charge in [0.1, 0.15) is 11.6 Å². The molecule has 0 aliphatic carbocycles. The van der Waals surface area contributed by atoms with E-state index in [0.717, 1.165) is 12.1 Å². The lowest BCUT2D eigenvalue weighted by atomic mass is 10.2. The standard InChI is InChI=1S/C7H5Cl2FO3S/c8-5-1-2-6(11)4(7(5)10)3-14(9,12)13/h1-2,11H,3H2. The molecule has 0 atom stereocenters. The van der Waals surface area contributed by atoms with Crippen LogP contribution in [0.4, 0.5) is 4.39 Å². The Bertz CT molecular complexity index is 458. The summed E-state index contributed by atoms with van der Waals surface area (Å²) in [6, 6.07) is 2.22. The molecule has 1 aromatic carbocycles. The number of halogens is 3. The van der Waals surface area contributed by atoms with E-state index in [1.54, 1.807) is 0 Å². The maximum atomic E-state index is 13.2. The van der Waals surface area contributed by atoms with Gasteiger partial charge in [-0.05, 0) is 12.1 Å². The van der Waals surface area contributed by atoms with Crippen LogP contribution in [0.5, 0.6) is 5.75 Å². The van der Waals surface area contributed by atoms with E-state index in [9.17, 15) is 12.8 Å². The quantitative estimate of drug-likeness (QED) is 0.829. The molecule has 0 aliphatic heterocycles. The predicted octanol–water partition coefficient (Wildman–Crippen LogP) is 2.25. The minimum Gasteiger partial charge on any atom is -0.508 e. The average Bonchev–Trinajstić information content (AvgIpc) is 2.04. The highest BCUT2D eigenvalue weighted by Gasteiger charge is 2.17. The summed E-state index contributed by atoms with van der Waals surface area (Å²) >= 11 is 5.39. The zero-order valence-electron chi connectivity index (χ0n) is 6.67. The van der Waals surface area contributed by atoms with Gasteiger partial charge in [0.05, 0.1) is 10.8 Å². The molecular formula is C7H5Cl2FO3S. The zero-order valence-corrected chi connectivity index (χ0v) is 9.00. The lowest BCUT2D eigenvalue weighted by molar-refractivity contribution is 0.461. The SMILES string of the molecule is O=S(=O)(Cl)Cc1c(O)ccc(Cl)c1F. The number of aromatic hydroxyl groups is 1. The molecule has 1 rings (SSSR count). The van der Waals surface area contributed by atoms with Crippen LogP contribution in [0.3, 0.4) is 0 Å². The fourth-order valence-electron chi connectivity index (χ4n) is 0.892. The Balaban J connectivity index is 3.27. The van der Waals surface area contributed by atoms with Gasteiger partial charge in [0.2, 0.25) is 9.05 Å². The second-order valence-electron chi connectivity index (χ2n) is 2.54. The molecule has 1 N–H and O–H groups in total. The van der Waals surface area contributed by atoms with E-state index in [-0.39, 0.29) is 5.02 Å². The molecule has 7 heteroatoms. The van der Waals surface area contributed by atoms with Gasteiger partial charge in [-0.15, -0.1) is 0 Å². The molecule has 0 amide bonds. The molecule has 3 nitrogen and oxygen atoms in total. The van der Waals surface area contributed by atoms with Gasteiger partial charge in [-0.3, -0.25) is 0 Å². The number of hydrogen-bond donors (Lipinski definition) is 1. The van der Waals surface area contributed by atoms with E-state index < -0.39 is 31.9 Å². The van der Waals surface area contributed by atoms with Crippen LogP contribution in [-0.2, 0) is 14.8 Å². The summed E-state index contributed by atoms with van der Waals surface area (Å²) in [5, 5.41) is 8.89. The number of hydrogen-bond acceptors (Lipinski definition) is 3. The molecule has 14 heavy (non-hydrogen) atoms. The first-order chi connectivity index (χ1) is 6.31. The number of rotatable bonds is 2. The van der Waals surface area contributed by atoms with Gasteiger partial charge in [0.15, 0.2) is 0 Å². The van der Waals surface area contributed by atoms with Crippen molar-refractivity contribution in [1.82, 2.24) is 0 Å². The first-order valence-electron chi connectivity index (χ1n) is 3.39. The van der Waals surface area contributed by atoms with Crippen molar-refractivity contribution in [3.8, 4) is 5.75 Å². The highest BCUT2D eigenvalue weighted by Crippen LogP contribution is 2.28. The predicted molar refractivity (Wildman–Crippen MR) is 51.6 cm³/mol. The van der Waals surface area contributed by atoms with E-state index in [2.05, 4.69) is 0 Å². The van der Waals surface area contributed by atoms with Crippen molar-refractivity contribution < 1.29 is 17.9 Å². The molecule has 0 bridgehead atoms. The smallest absolute Gasteiger partial charge is 0.237 e. The summed E-state index contributed by atoms with van der Waals surface area (Å²) in [7, 11) is 0.990. The van der Waals surface area contributed by atoms with Crippen molar-refractivity contribution in [1.29, 1.82) is 0 Å². The Labute approximate surface area is 89.5 Å².